The van der Waals surface area contributed by atoms with Gasteiger partial charge in [-0.15, -0.1) is 0 Å². The van der Waals surface area contributed by atoms with E-state index in [9.17, 15) is 9.59 Å². The van der Waals surface area contributed by atoms with Gasteiger partial charge in [0.05, 0.1) is 10.6 Å². The molecule has 3 rings (SSSR count). The number of benzene rings is 2. The maximum absolute atomic E-state index is 12.7. The highest BCUT2D eigenvalue weighted by Crippen LogP contribution is 2.36. The van der Waals surface area contributed by atoms with Crippen LogP contribution in [0.15, 0.2) is 48.5 Å². The molecule has 1 atom stereocenters. The van der Waals surface area contributed by atoms with Crippen LogP contribution in [0.2, 0.25) is 5.02 Å². The van der Waals surface area contributed by atoms with Crippen molar-refractivity contribution < 1.29 is 14.3 Å². The first kappa shape index (κ1) is 21.3. The molecule has 1 saturated heterocycles. The number of hydrogen-bond acceptors (Lipinski definition) is 3. The molecule has 6 heteroatoms. The molecule has 2 N–H and O–H groups in total. The van der Waals surface area contributed by atoms with Crippen LogP contribution in [0, 0.1) is 6.92 Å². The molecule has 5 nitrogen and oxygen atoms in total. The highest BCUT2D eigenvalue weighted by molar-refractivity contribution is 6.33. The SMILES string of the molecule is Cc1ccccc1C1(CNC(=O)C(C)NC(=O)c2ccccc2Cl)CCOCC1. The van der Waals surface area contributed by atoms with Crippen molar-refractivity contribution >= 4 is 23.4 Å². The average Bonchev–Trinajstić information content (AvgIpc) is 2.73. The van der Waals surface area contributed by atoms with Gasteiger partial charge in [0, 0.05) is 25.2 Å². The van der Waals surface area contributed by atoms with Gasteiger partial charge >= 0.3 is 0 Å². The Morgan fingerprint density at radius 2 is 1.76 bits per heavy atom. The number of nitrogens with one attached hydrogen (secondary N) is 2. The van der Waals surface area contributed by atoms with Gasteiger partial charge in [0.25, 0.3) is 5.91 Å². The molecule has 0 bridgehead atoms. The van der Waals surface area contributed by atoms with Crippen LogP contribution in [0.25, 0.3) is 0 Å². The summed E-state index contributed by atoms with van der Waals surface area (Å²) >= 11 is 6.07. The number of rotatable bonds is 6. The summed E-state index contributed by atoms with van der Waals surface area (Å²) in [5.74, 6) is -0.581. The molecular weight excluding hydrogens is 388 g/mol. The maximum Gasteiger partial charge on any atom is 0.253 e. The Morgan fingerprint density at radius 3 is 2.45 bits per heavy atom. The Labute approximate surface area is 176 Å². The Bertz CT molecular complexity index is 878. The molecule has 154 valence electrons. The average molecular weight is 415 g/mol. The van der Waals surface area contributed by atoms with E-state index in [1.54, 1.807) is 31.2 Å². The minimum Gasteiger partial charge on any atom is -0.381 e. The molecular formula is C23H27ClN2O3. The fraction of sp³-hybridized carbons (Fsp3) is 0.391. The number of carbonyl (C=O) groups excluding carboxylic acids is 2. The normalized spacial score (nSPS) is 16.7. The van der Waals surface area contributed by atoms with Crippen LogP contribution in [0.4, 0.5) is 0 Å². The van der Waals surface area contributed by atoms with E-state index in [2.05, 4.69) is 29.7 Å². The molecule has 2 aromatic rings. The van der Waals surface area contributed by atoms with Gasteiger partial charge in [-0.2, -0.15) is 0 Å². The quantitative estimate of drug-likeness (QED) is 0.758. The molecule has 0 spiro atoms. The second-order valence-corrected chi connectivity index (χ2v) is 8.01. The van der Waals surface area contributed by atoms with Gasteiger partial charge in [0.2, 0.25) is 5.91 Å². The summed E-state index contributed by atoms with van der Waals surface area (Å²) in [5.41, 5.74) is 2.65. The number of carbonyl (C=O) groups is 2. The maximum atomic E-state index is 12.7. The molecule has 1 unspecified atom stereocenters. The second-order valence-electron chi connectivity index (χ2n) is 7.60. The number of hydrogen-bond donors (Lipinski definition) is 2. The van der Waals surface area contributed by atoms with Gasteiger partial charge in [-0.1, -0.05) is 48.0 Å². The first-order valence-corrected chi connectivity index (χ1v) is 10.3. The minimum absolute atomic E-state index is 0.161. The predicted octanol–water partition coefficient (Wildman–Crippen LogP) is 3.63. The zero-order valence-corrected chi connectivity index (χ0v) is 17.6. The molecule has 1 fully saturated rings. The van der Waals surface area contributed by atoms with Crippen LogP contribution in [0.5, 0.6) is 0 Å². The van der Waals surface area contributed by atoms with E-state index >= 15 is 0 Å². The lowest BCUT2D eigenvalue weighted by molar-refractivity contribution is -0.123. The van der Waals surface area contributed by atoms with Crippen LogP contribution >= 0.6 is 11.6 Å². The molecule has 0 aliphatic carbocycles. The van der Waals surface area contributed by atoms with Gasteiger partial charge in [0.15, 0.2) is 0 Å². The standard InChI is InChI=1S/C23H27ClN2O3/c1-16-7-3-5-9-19(16)23(11-13-29-14-12-23)15-25-21(27)17(2)26-22(28)18-8-4-6-10-20(18)24/h3-10,17H,11-15H2,1-2H3,(H,25,27)(H,26,28). The van der Waals surface area contributed by atoms with Crippen LogP contribution in [-0.2, 0) is 14.9 Å². The third kappa shape index (κ3) is 4.98. The van der Waals surface area contributed by atoms with Gasteiger partial charge in [-0.25, -0.2) is 0 Å². The number of ether oxygens (including phenoxy) is 1. The zero-order valence-electron chi connectivity index (χ0n) is 16.8. The summed E-state index contributed by atoms with van der Waals surface area (Å²) in [6, 6.07) is 14.4. The summed E-state index contributed by atoms with van der Waals surface area (Å²) in [4.78, 5) is 25.1. The first-order valence-electron chi connectivity index (χ1n) is 9.90. The Morgan fingerprint density at radius 1 is 1.10 bits per heavy atom. The third-order valence-corrected chi connectivity index (χ3v) is 5.96. The largest absolute Gasteiger partial charge is 0.381 e. The third-order valence-electron chi connectivity index (χ3n) is 5.63. The van der Waals surface area contributed by atoms with E-state index < -0.39 is 6.04 Å². The van der Waals surface area contributed by atoms with Crippen LogP contribution in [0.3, 0.4) is 0 Å². The number of aryl methyl sites for hydroxylation is 1. The summed E-state index contributed by atoms with van der Waals surface area (Å²) in [6.45, 7) is 5.62. The summed E-state index contributed by atoms with van der Waals surface area (Å²) in [7, 11) is 0. The van der Waals surface area contributed by atoms with Crippen LogP contribution < -0.4 is 10.6 Å². The van der Waals surface area contributed by atoms with Crippen LogP contribution in [-0.4, -0.2) is 37.6 Å². The van der Waals surface area contributed by atoms with Crippen LogP contribution in [0.1, 0.15) is 41.3 Å². The fourth-order valence-corrected chi connectivity index (χ4v) is 4.09. The van der Waals surface area contributed by atoms with Crippen molar-refractivity contribution in [1.29, 1.82) is 0 Å². The van der Waals surface area contributed by atoms with Crippen molar-refractivity contribution in [1.82, 2.24) is 10.6 Å². The fourth-order valence-electron chi connectivity index (χ4n) is 3.87. The molecule has 1 heterocycles. The minimum atomic E-state index is -0.674. The smallest absolute Gasteiger partial charge is 0.253 e. The van der Waals surface area contributed by atoms with E-state index in [4.69, 9.17) is 16.3 Å². The Balaban J connectivity index is 1.66. The van der Waals surface area contributed by atoms with Crippen molar-refractivity contribution in [3.05, 3.63) is 70.2 Å². The monoisotopic (exact) mass is 414 g/mol. The number of amides is 2. The van der Waals surface area contributed by atoms with Crippen molar-refractivity contribution in [3.8, 4) is 0 Å². The van der Waals surface area contributed by atoms with E-state index in [0.29, 0.717) is 30.3 Å². The highest BCUT2D eigenvalue weighted by Gasteiger charge is 2.36. The summed E-state index contributed by atoms with van der Waals surface area (Å²) in [5, 5.41) is 6.14. The molecule has 0 saturated carbocycles. The van der Waals surface area contributed by atoms with Crippen molar-refractivity contribution in [2.45, 2.75) is 38.1 Å². The van der Waals surface area contributed by atoms with E-state index in [-0.39, 0.29) is 17.2 Å². The summed E-state index contributed by atoms with van der Waals surface area (Å²) in [6.07, 6.45) is 1.69. The lowest BCUT2D eigenvalue weighted by atomic mass is 9.72. The molecule has 29 heavy (non-hydrogen) atoms. The predicted molar refractivity (Wildman–Crippen MR) is 114 cm³/mol. The molecule has 1 aliphatic rings. The van der Waals surface area contributed by atoms with Gasteiger partial charge < -0.3 is 15.4 Å². The van der Waals surface area contributed by atoms with Crippen molar-refractivity contribution in [2.24, 2.45) is 0 Å². The first-order chi connectivity index (χ1) is 13.9. The van der Waals surface area contributed by atoms with Crippen molar-refractivity contribution in [3.63, 3.8) is 0 Å². The zero-order chi connectivity index (χ0) is 20.9. The molecule has 0 aromatic heterocycles. The lowest BCUT2D eigenvalue weighted by Crippen LogP contribution is -2.50. The Kier molecular flexibility index (Phi) is 6.93. The van der Waals surface area contributed by atoms with Gasteiger partial charge in [0.1, 0.15) is 6.04 Å². The van der Waals surface area contributed by atoms with Gasteiger partial charge in [-0.05, 0) is 49.9 Å². The number of halogens is 1. The summed E-state index contributed by atoms with van der Waals surface area (Å²) < 4.78 is 5.57. The van der Waals surface area contributed by atoms with E-state index in [1.165, 1.54) is 11.1 Å². The van der Waals surface area contributed by atoms with Gasteiger partial charge in [-0.3, -0.25) is 9.59 Å². The molecule has 2 aromatic carbocycles. The van der Waals surface area contributed by atoms with E-state index in [0.717, 1.165) is 12.8 Å². The van der Waals surface area contributed by atoms with Crippen molar-refractivity contribution in [2.75, 3.05) is 19.8 Å². The second kappa shape index (κ2) is 9.42. The van der Waals surface area contributed by atoms with E-state index in [1.807, 2.05) is 12.1 Å². The molecule has 2 amide bonds. The lowest BCUT2D eigenvalue weighted by Gasteiger charge is -2.39. The Hall–Kier alpha value is -2.37. The highest BCUT2D eigenvalue weighted by atomic mass is 35.5. The molecule has 0 radical (unpaired) electrons. The molecule has 1 aliphatic heterocycles. The topological polar surface area (TPSA) is 67.4 Å².